The van der Waals surface area contributed by atoms with Crippen LogP contribution in [0.4, 0.5) is 0 Å². The standard InChI is InChI=1S/C18H29N3/c1-5-7-10-15(19-14(3)4)13-17-16-11-8-9-12-18(16)21(6-2)20-17/h8-9,11-12,14-15,19H,5-7,10,13H2,1-4H3. The van der Waals surface area contributed by atoms with Crippen molar-refractivity contribution in [1.82, 2.24) is 15.1 Å². The number of benzene rings is 1. The van der Waals surface area contributed by atoms with Gasteiger partial charge in [0.2, 0.25) is 0 Å². The predicted molar refractivity (Wildman–Crippen MR) is 90.7 cm³/mol. The second kappa shape index (κ2) is 7.60. The molecule has 2 rings (SSSR count). The van der Waals surface area contributed by atoms with Gasteiger partial charge in [0.05, 0.1) is 11.2 Å². The molecule has 2 aromatic rings. The molecule has 0 saturated carbocycles. The Kier molecular flexibility index (Phi) is 5.80. The lowest BCUT2D eigenvalue weighted by molar-refractivity contribution is 0.421. The summed E-state index contributed by atoms with van der Waals surface area (Å²) in [6.07, 6.45) is 4.77. The van der Waals surface area contributed by atoms with Gasteiger partial charge in [0.1, 0.15) is 0 Å². The molecule has 1 heterocycles. The Hall–Kier alpha value is -1.35. The molecule has 116 valence electrons. The molecular formula is C18H29N3. The first-order valence-electron chi connectivity index (χ1n) is 8.36. The highest BCUT2D eigenvalue weighted by molar-refractivity contribution is 5.82. The molecule has 0 amide bonds. The molecule has 0 radical (unpaired) electrons. The highest BCUT2D eigenvalue weighted by Gasteiger charge is 2.15. The van der Waals surface area contributed by atoms with Crippen molar-refractivity contribution in [3.63, 3.8) is 0 Å². The number of unbranched alkanes of at least 4 members (excludes halogenated alkanes) is 1. The summed E-state index contributed by atoms with van der Waals surface area (Å²) >= 11 is 0. The second-order valence-electron chi connectivity index (χ2n) is 6.14. The number of hydrogen-bond donors (Lipinski definition) is 1. The van der Waals surface area contributed by atoms with Crippen molar-refractivity contribution in [3.05, 3.63) is 30.0 Å². The minimum absolute atomic E-state index is 0.520. The Bertz CT molecular complexity index is 557. The highest BCUT2D eigenvalue weighted by Crippen LogP contribution is 2.21. The van der Waals surface area contributed by atoms with E-state index in [4.69, 9.17) is 5.10 Å². The smallest absolute Gasteiger partial charge is 0.0718 e. The number of fused-ring (bicyclic) bond motifs is 1. The second-order valence-corrected chi connectivity index (χ2v) is 6.14. The molecule has 0 aliphatic heterocycles. The van der Waals surface area contributed by atoms with Crippen molar-refractivity contribution in [2.45, 2.75) is 72.0 Å². The molecule has 0 bridgehead atoms. The van der Waals surface area contributed by atoms with Gasteiger partial charge in [-0.1, -0.05) is 51.8 Å². The first-order valence-corrected chi connectivity index (χ1v) is 8.36. The van der Waals surface area contributed by atoms with E-state index in [-0.39, 0.29) is 0 Å². The van der Waals surface area contributed by atoms with Gasteiger partial charge < -0.3 is 5.32 Å². The van der Waals surface area contributed by atoms with Gasteiger partial charge in [0.15, 0.2) is 0 Å². The maximum absolute atomic E-state index is 4.84. The zero-order chi connectivity index (χ0) is 15.2. The van der Waals surface area contributed by atoms with Gasteiger partial charge in [-0.3, -0.25) is 4.68 Å². The van der Waals surface area contributed by atoms with Crippen LogP contribution in [0.15, 0.2) is 24.3 Å². The van der Waals surface area contributed by atoms with Gasteiger partial charge in [0, 0.05) is 30.4 Å². The lowest BCUT2D eigenvalue weighted by Gasteiger charge is -2.20. The number of para-hydroxylation sites is 1. The Morgan fingerprint density at radius 2 is 1.95 bits per heavy atom. The fourth-order valence-corrected chi connectivity index (χ4v) is 2.99. The molecule has 0 spiro atoms. The molecule has 0 aliphatic carbocycles. The molecule has 1 aromatic carbocycles. The number of rotatable bonds is 8. The number of aromatic nitrogens is 2. The van der Waals surface area contributed by atoms with Crippen LogP contribution < -0.4 is 5.32 Å². The fourth-order valence-electron chi connectivity index (χ4n) is 2.99. The van der Waals surface area contributed by atoms with Crippen LogP contribution in [-0.4, -0.2) is 21.9 Å². The summed E-state index contributed by atoms with van der Waals surface area (Å²) in [7, 11) is 0. The minimum Gasteiger partial charge on any atom is -0.311 e. The van der Waals surface area contributed by atoms with E-state index in [1.165, 1.54) is 35.9 Å². The van der Waals surface area contributed by atoms with Gasteiger partial charge in [-0.15, -0.1) is 0 Å². The molecule has 1 atom stereocenters. The monoisotopic (exact) mass is 287 g/mol. The SMILES string of the molecule is CCCCC(Cc1nn(CC)c2ccccc12)NC(C)C. The third-order valence-electron chi connectivity index (χ3n) is 3.95. The van der Waals surface area contributed by atoms with E-state index in [0.717, 1.165) is 13.0 Å². The van der Waals surface area contributed by atoms with Gasteiger partial charge in [-0.05, 0) is 19.4 Å². The molecule has 1 aromatic heterocycles. The molecule has 1 N–H and O–H groups in total. The number of aryl methyl sites for hydroxylation is 1. The van der Waals surface area contributed by atoms with E-state index >= 15 is 0 Å². The van der Waals surface area contributed by atoms with Crippen LogP contribution in [0.5, 0.6) is 0 Å². The van der Waals surface area contributed by atoms with Crippen molar-refractivity contribution in [2.75, 3.05) is 0 Å². The Morgan fingerprint density at radius 1 is 1.19 bits per heavy atom. The van der Waals surface area contributed by atoms with Crippen LogP contribution in [0.25, 0.3) is 10.9 Å². The van der Waals surface area contributed by atoms with Crippen LogP contribution in [-0.2, 0) is 13.0 Å². The molecular weight excluding hydrogens is 258 g/mol. The number of nitrogens with zero attached hydrogens (tertiary/aromatic N) is 2. The predicted octanol–water partition coefficient (Wildman–Crippen LogP) is 4.16. The fraction of sp³-hybridized carbons (Fsp3) is 0.611. The van der Waals surface area contributed by atoms with Gasteiger partial charge in [0.25, 0.3) is 0 Å². The van der Waals surface area contributed by atoms with Gasteiger partial charge >= 0.3 is 0 Å². The topological polar surface area (TPSA) is 29.9 Å². The quantitative estimate of drug-likeness (QED) is 0.790. The van der Waals surface area contributed by atoms with Crippen LogP contribution in [0.2, 0.25) is 0 Å². The van der Waals surface area contributed by atoms with Gasteiger partial charge in [-0.25, -0.2) is 0 Å². The first-order chi connectivity index (χ1) is 10.2. The molecule has 21 heavy (non-hydrogen) atoms. The lowest BCUT2D eigenvalue weighted by Crippen LogP contribution is -2.36. The normalized spacial score (nSPS) is 13.2. The minimum atomic E-state index is 0.520. The molecule has 3 nitrogen and oxygen atoms in total. The average molecular weight is 287 g/mol. The van der Waals surface area contributed by atoms with Crippen LogP contribution in [0.1, 0.15) is 52.7 Å². The van der Waals surface area contributed by atoms with Crippen LogP contribution in [0, 0.1) is 0 Å². The summed E-state index contributed by atoms with van der Waals surface area (Å²) in [4.78, 5) is 0. The molecule has 0 aliphatic rings. The first kappa shape index (κ1) is 16.0. The number of nitrogens with one attached hydrogen (secondary N) is 1. The van der Waals surface area contributed by atoms with E-state index in [1.807, 2.05) is 0 Å². The zero-order valence-corrected chi connectivity index (χ0v) is 13.9. The maximum Gasteiger partial charge on any atom is 0.0718 e. The third kappa shape index (κ3) is 4.07. The Morgan fingerprint density at radius 3 is 2.62 bits per heavy atom. The summed E-state index contributed by atoms with van der Waals surface area (Å²) in [6, 6.07) is 9.63. The molecule has 3 heteroatoms. The summed E-state index contributed by atoms with van der Waals surface area (Å²) in [6.45, 7) is 9.79. The summed E-state index contributed by atoms with van der Waals surface area (Å²) in [5, 5.41) is 9.86. The molecule has 1 unspecified atom stereocenters. The van der Waals surface area contributed by atoms with Crippen molar-refractivity contribution in [2.24, 2.45) is 0 Å². The van der Waals surface area contributed by atoms with E-state index in [0.29, 0.717) is 12.1 Å². The largest absolute Gasteiger partial charge is 0.311 e. The zero-order valence-electron chi connectivity index (χ0n) is 13.9. The number of hydrogen-bond acceptors (Lipinski definition) is 2. The van der Waals surface area contributed by atoms with E-state index < -0.39 is 0 Å². The van der Waals surface area contributed by atoms with E-state index in [9.17, 15) is 0 Å². The lowest BCUT2D eigenvalue weighted by atomic mass is 10.0. The molecule has 0 fully saturated rings. The summed E-state index contributed by atoms with van der Waals surface area (Å²) < 4.78 is 2.12. The van der Waals surface area contributed by atoms with E-state index in [2.05, 4.69) is 62.0 Å². The van der Waals surface area contributed by atoms with Crippen molar-refractivity contribution in [1.29, 1.82) is 0 Å². The molecule has 0 saturated heterocycles. The van der Waals surface area contributed by atoms with Gasteiger partial charge in [-0.2, -0.15) is 5.10 Å². The third-order valence-corrected chi connectivity index (χ3v) is 3.95. The van der Waals surface area contributed by atoms with E-state index in [1.54, 1.807) is 0 Å². The highest BCUT2D eigenvalue weighted by atomic mass is 15.3. The average Bonchev–Trinajstić information content (AvgIpc) is 2.82. The van der Waals surface area contributed by atoms with Crippen LogP contribution in [0.3, 0.4) is 0 Å². The van der Waals surface area contributed by atoms with Crippen molar-refractivity contribution in [3.8, 4) is 0 Å². The van der Waals surface area contributed by atoms with Crippen molar-refractivity contribution >= 4 is 10.9 Å². The van der Waals surface area contributed by atoms with Crippen LogP contribution >= 0.6 is 0 Å². The summed E-state index contributed by atoms with van der Waals surface area (Å²) in [5.74, 6) is 0. The summed E-state index contributed by atoms with van der Waals surface area (Å²) in [5.41, 5.74) is 2.50. The Labute approximate surface area is 128 Å². The Balaban J connectivity index is 2.23. The maximum atomic E-state index is 4.84. The van der Waals surface area contributed by atoms with Crippen molar-refractivity contribution < 1.29 is 0 Å².